The molecule has 3 amide bonds. The van der Waals surface area contributed by atoms with E-state index in [1.54, 1.807) is 57.9 Å². The molecule has 2 aromatic carbocycles. The largest absolute Gasteiger partial charge is 0.497 e. The predicted molar refractivity (Wildman–Crippen MR) is 187 cm³/mol. The van der Waals surface area contributed by atoms with E-state index in [-0.39, 0.29) is 46.9 Å². The van der Waals surface area contributed by atoms with Gasteiger partial charge in [0.25, 0.3) is 5.91 Å². The number of likely N-dealkylation sites (tertiary alicyclic amines) is 1. The normalized spacial score (nSPS) is 27.5. The first-order chi connectivity index (χ1) is 22.2. The van der Waals surface area contributed by atoms with Gasteiger partial charge in [-0.1, -0.05) is 78.7 Å². The number of carbonyl (C=O) groups is 3. The standard InChI is InChI=1S/C36H44BrN3O5S/c1-6-18-38(21-24-12-10-9-11-13-24)33(42)29-30-34(43)40(28(22-41)23(4)8-3)32(36(30)20-27(37)31(29)46-36)35(44)39(19-7-2)25-14-16-26(45-5)17-15-25/h6-7,9-17,23,27-32,41H,1-2,8,18-22H2,3-5H3/t23-,27?,28-,29-,30-,31-,32?,36?/m0/s1. The van der Waals surface area contributed by atoms with Crippen LogP contribution in [0.2, 0.25) is 0 Å². The van der Waals surface area contributed by atoms with Gasteiger partial charge >= 0.3 is 0 Å². The number of aliphatic hydroxyl groups is 1. The van der Waals surface area contributed by atoms with Crippen LogP contribution >= 0.6 is 27.7 Å². The van der Waals surface area contributed by atoms with Crippen LogP contribution in [0.4, 0.5) is 5.69 Å². The summed E-state index contributed by atoms with van der Waals surface area (Å²) in [4.78, 5) is 49.5. The molecule has 0 saturated carbocycles. The Hall–Kier alpha value is -3.08. The summed E-state index contributed by atoms with van der Waals surface area (Å²) in [5.74, 6) is -1.32. The van der Waals surface area contributed by atoms with Crippen molar-refractivity contribution in [3.8, 4) is 5.75 Å². The van der Waals surface area contributed by atoms with Crippen LogP contribution in [-0.2, 0) is 20.9 Å². The molecule has 3 fully saturated rings. The van der Waals surface area contributed by atoms with Gasteiger partial charge in [-0.05, 0) is 42.2 Å². The lowest BCUT2D eigenvalue weighted by Crippen LogP contribution is -2.59. The van der Waals surface area contributed by atoms with Gasteiger partial charge in [0.05, 0.1) is 36.3 Å². The van der Waals surface area contributed by atoms with E-state index in [1.807, 2.05) is 56.3 Å². The van der Waals surface area contributed by atoms with E-state index in [4.69, 9.17) is 4.74 Å². The van der Waals surface area contributed by atoms with Crippen LogP contribution in [0, 0.1) is 17.8 Å². The number of nitrogens with zero attached hydrogens (tertiary/aromatic N) is 3. The molecule has 3 unspecified atom stereocenters. The van der Waals surface area contributed by atoms with Gasteiger partial charge in [0.15, 0.2) is 0 Å². The first-order valence-electron chi connectivity index (χ1n) is 15.9. The Bertz CT molecular complexity index is 1440. The summed E-state index contributed by atoms with van der Waals surface area (Å²) < 4.78 is 4.49. The minimum absolute atomic E-state index is 0.0696. The summed E-state index contributed by atoms with van der Waals surface area (Å²) in [6.45, 7) is 12.5. The zero-order valence-corrected chi connectivity index (χ0v) is 29.2. The Morgan fingerprint density at radius 1 is 1.13 bits per heavy atom. The summed E-state index contributed by atoms with van der Waals surface area (Å²) in [6, 6.07) is 15.6. The molecule has 10 heteroatoms. The highest BCUT2D eigenvalue weighted by molar-refractivity contribution is 9.09. The second-order valence-electron chi connectivity index (χ2n) is 12.5. The maximum atomic E-state index is 15.0. The molecule has 0 aromatic heterocycles. The molecule has 0 radical (unpaired) electrons. The number of fused-ring (bicyclic) bond motifs is 1. The molecule has 0 aliphatic carbocycles. The fourth-order valence-corrected chi connectivity index (χ4v) is 11.2. The molecule has 2 bridgehead atoms. The number of thioether (sulfide) groups is 1. The molecule has 3 aliphatic rings. The third kappa shape index (κ3) is 5.92. The summed E-state index contributed by atoms with van der Waals surface area (Å²) in [6.07, 6.45) is 4.65. The van der Waals surface area contributed by atoms with E-state index >= 15 is 0 Å². The van der Waals surface area contributed by atoms with Crippen molar-refractivity contribution in [2.75, 3.05) is 31.7 Å². The van der Waals surface area contributed by atoms with E-state index in [1.165, 1.54) is 0 Å². The number of alkyl halides is 1. The molecule has 1 spiro atoms. The minimum Gasteiger partial charge on any atom is -0.497 e. The molecule has 5 rings (SSSR count). The Labute approximate surface area is 285 Å². The topological polar surface area (TPSA) is 90.4 Å². The van der Waals surface area contributed by atoms with Crippen LogP contribution in [0.3, 0.4) is 0 Å². The Kier molecular flexibility index (Phi) is 10.7. The van der Waals surface area contributed by atoms with Gasteiger partial charge < -0.3 is 24.5 Å². The average molecular weight is 711 g/mol. The van der Waals surface area contributed by atoms with Crippen LogP contribution < -0.4 is 9.64 Å². The van der Waals surface area contributed by atoms with Gasteiger partial charge in [-0.2, -0.15) is 0 Å². The molecule has 8 atom stereocenters. The molecule has 1 N–H and O–H groups in total. The Morgan fingerprint density at radius 3 is 2.39 bits per heavy atom. The van der Waals surface area contributed by atoms with Gasteiger partial charge in [-0.25, -0.2) is 0 Å². The zero-order chi connectivity index (χ0) is 33.2. The number of methoxy groups -OCH3 is 1. The SMILES string of the molecule is C=CCN(Cc1ccccc1)C(=O)[C@H]1[C@H]2C(=O)N([C@@H](CO)[C@@H](C)CC)C(C(=O)N(CC=C)c3ccc(OC)cc3)C23CC(Br)[C@@H]1S3. The van der Waals surface area contributed by atoms with E-state index in [2.05, 4.69) is 29.1 Å². The number of carbonyl (C=O) groups excluding carboxylic acids is 3. The highest BCUT2D eigenvalue weighted by Gasteiger charge is 2.76. The quantitative estimate of drug-likeness (QED) is 0.212. The molecule has 3 aliphatic heterocycles. The van der Waals surface area contributed by atoms with Gasteiger partial charge in [-0.15, -0.1) is 24.9 Å². The second-order valence-corrected chi connectivity index (χ2v) is 15.2. The molecule has 3 heterocycles. The van der Waals surface area contributed by atoms with Gasteiger partial charge in [-0.3, -0.25) is 14.4 Å². The number of aliphatic hydroxyl groups excluding tert-OH is 1. The Balaban J connectivity index is 1.60. The lowest BCUT2D eigenvalue weighted by molar-refractivity contribution is -0.146. The Morgan fingerprint density at radius 2 is 1.80 bits per heavy atom. The highest BCUT2D eigenvalue weighted by Crippen LogP contribution is 2.68. The molecule has 8 nitrogen and oxygen atoms in total. The van der Waals surface area contributed by atoms with Gasteiger partial charge in [0.1, 0.15) is 11.8 Å². The first kappa shape index (κ1) is 34.3. The summed E-state index contributed by atoms with van der Waals surface area (Å²) >= 11 is 5.49. The molecule has 246 valence electrons. The van der Waals surface area contributed by atoms with Crippen molar-refractivity contribution in [2.45, 2.75) is 60.1 Å². The number of benzene rings is 2. The van der Waals surface area contributed by atoms with Crippen molar-refractivity contribution in [2.24, 2.45) is 17.8 Å². The van der Waals surface area contributed by atoms with Crippen molar-refractivity contribution in [3.05, 3.63) is 85.5 Å². The smallest absolute Gasteiger partial charge is 0.251 e. The fourth-order valence-electron chi connectivity index (χ4n) is 7.57. The van der Waals surface area contributed by atoms with E-state index in [0.29, 0.717) is 37.4 Å². The fraction of sp³-hybridized carbons (Fsp3) is 0.472. The molecule has 3 saturated heterocycles. The number of hydrogen-bond donors (Lipinski definition) is 1. The van der Waals surface area contributed by atoms with Gasteiger partial charge in [0, 0.05) is 35.4 Å². The lowest BCUT2D eigenvalue weighted by Gasteiger charge is -2.41. The van der Waals surface area contributed by atoms with Gasteiger partial charge in [0.2, 0.25) is 11.8 Å². The molecule has 2 aromatic rings. The molecular weight excluding hydrogens is 666 g/mol. The van der Waals surface area contributed by atoms with Crippen molar-refractivity contribution in [1.82, 2.24) is 9.80 Å². The summed E-state index contributed by atoms with van der Waals surface area (Å²) in [5, 5.41) is 10.6. The van der Waals surface area contributed by atoms with Crippen LogP contribution in [0.15, 0.2) is 79.9 Å². The van der Waals surface area contributed by atoms with E-state index < -0.39 is 28.7 Å². The number of anilines is 1. The number of halogens is 1. The van der Waals surface area contributed by atoms with Crippen molar-refractivity contribution < 1.29 is 24.2 Å². The molecule has 46 heavy (non-hydrogen) atoms. The van der Waals surface area contributed by atoms with E-state index in [0.717, 1.165) is 5.56 Å². The lowest BCUT2D eigenvalue weighted by atomic mass is 9.70. The third-order valence-electron chi connectivity index (χ3n) is 9.93. The van der Waals surface area contributed by atoms with E-state index in [9.17, 15) is 19.5 Å². The monoisotopic (exact) mass is 709 g/mol. The van der Waals surface area contributed by atoms with Crippen molar-refractivity contribution in [1.29, 1.82) is 0 Å². The zero-order valence-electron chi connectivity index (χ0n) is 26.8. The first-order valence-corrected chi connectivity index (χ1v) is 17.7. The maximum Gasteiger partial charge on any atom is 0.251 e. The van der Waals surface area contributed by atoms with Crippen LogP contribution in [0.1, 0.15) is 32.3 Å². The van der Waals surface area contributed by atoms with Crippen molar-refractivity contribution in [3.63, 3.8) is 0 Å². The average Bonchev–Trinajstić information content (AvgIpc) is 3.67. The number of hydrogen-bond acceptors (Lipinski definition) is 6. The third-order valence-corrected chi connectivity index (χ3v) is 13.2. The summed E-state index contributed by atoms with van der Waals surface area (Å²) in [7, 11) is 1.59. The summed E-state index contributed by atoms with van der Waals surface area (Å²) in [5.41, 5.74) is 1.64. The number of amides is 3. The highest BCUT2D eigenvalue weighted by atomic mass is 79.9. The maximum absolute atomic E-state index is 15.0. The second kappa shape index (κ2) is 14.4. The van der Waals surface area contributed by atoms with Crippen molar-refractivity contribution >= 4 is 51.1 Å². The number of ether oxygens (including phenoxy) is 1. The van der Waals surface area contributed by atoms with Crippen LogP contribution in [0.25, 0.3) is 0 Å². The number of rotatable bonds is 14. The minimum atomic E-state index is -0.881. The predicted octanol–water partition coefficient (Wildman–Crippen LogP) is 5.30. The molecular formula is C36H44BrN3O5S. The van der Waals surface area contributed by atoms with Crippen LogP contribution in [0.5, 0.6) is 5.75 Å². The van der Waals surface area contributed by atoms with Crippen LogP contribution in [-0.4, -0.2) is 86.3 Å².